The average Bonchev–Trinajstić information content (AvgIpc) is 3.12. The number of hydrogen-bond acceptors (Lipinski definition) is 9. The summed E-state index contributed by atoms with van der Waals surface area (Å²) in [5.74, 6) is 1.35. The molecule has 0 N–H and O–H groups in total. The van der Waals surface area contributed by atoms with E-state index >= 15 is 0 Å². The van der Waals surface area contributed by atoms with Crippen molar-refractivity contribution in [3.63, 3.8) is 0 Å². The summed E-state index contributed by atoms with van der Waals surface area (Å²) in [6.45, 7) is 13.6. The minimum absolute atomic E-state index is 0.0498. The van der Waals surface area contributed by atoms with Crippen LogP contribution in [0.5, 0.6) is 5.75 Å². The third kappa shape index (κ3) is 4.28. The lowest BCUT2D eigenvalue weighted by Crippen LogP contribution is -2.56. The summed E-state index contributed by atoms with van der Waals surface area (Å²) in [5.41, 5.74) is 2.28. The van der Waals surface area contributed by atoms with E-state index in [1.807, 2.05) is 31.7 Å². The number of carbonyl (C=O) groups excluding carboxylic acids is 1. The monoisotopic (exact) mass is 565 g/mol. The number of aryl methyl sites for hydroxylation is 1. The molecule has 6 rings (SSSR count). The highest BCUT2D eigenvalue weighted by molar-refractivity contribution is 6.36. The van der Waals surface area contributed by atoms with E-state index < -0.39 is 5.69 Å². The maximum absolute atomic E-state index is 14.0. The maximum Gasteiger partial charge on any atom is 0.355 e. The summed E-state index contributed by atoms with van der Waals surface area (Å²) in [4.78, 5) is 46.6. The van der Waals surface area contributed by atoms with Gasteiger partial charge in [0.15, 0.2) is 17.2 Å². The molecule has 6 heterocycles. The number of pyridine rings is 2. The lowest BCUT2D eigenvalue weighted by molar-refractivity contribution is -0.126. The van der Waals surface area contributed by atoms with Gasteiger partial charge < -0.3 is 24.2 Å². The lowest BCUT2D eigenvalue weighted by Gasteiger charge is -2.40. The van der Waals surface area contributed by atoms with E-state index in [4.69, 9.17) is 26.1 Å². The predicted molar refractivity (Wildman–Crippen MR) is 153 cm³/mol. The van der Waals surface area contributed by atoms with E-state index in [-0.39, 0.29) is 24.5 Å². The summed E-state index contributed by atoms with van der Waals surface area (Å²) < 4.78 is 13.6. The van der Waals surface area contributed by atoms with Crippen molar-refractivity contribution in [3.8, 4) is 11.4 Å². The van der Waals surface area contributed by atoms with Crippen LogP contribution in [0.3, 0.4) is 0 Å². The molecule has 3 aromatic heterocycles. The Morgan fingerprint density at radius 1 is 1.18 bits per heavy atom. The van der Waals surface area contributed by atoms with Crippen molar-refractivity contribution in [2.45, 2.75) is 32.7 Å². The maximum atomic E-state index is 14.0. The number of piperazine rings is 1. The number of anilines is 2. The number of aromatic nitrogens is 4. The molecule has 40 heavy (non-hydrogen) atoms. The Kier molecular flexibility index (Phi) is 6.87. The molecule has 0 spiro atoms. The molecule has 3 aromatic rings. The van der Waals surface area contributed by atoms with Crippen LogP contribution in [0.1, 0.15) is 31.0 Å². The van der Waals surface area contributed by atoms with Crippen LogP contribution in [0.2, 0.25) is 5.02 Å². The molecule has 0 bridgehead atoms. The quantitative estimate of drug-likeness (QED) is 0.441. The summed E-state index contributed by atoms with van der Waals surface area (Å²) in [7, 11) is 0. The van der Waals surface area contributed by atoms with Crippen LogP contribution >= 0.6 is 11.6 Å². The molecule has 2 fully saturated rings. The highest BCUT2D eigenvalue weighted by Gasteiger charge is 2.37. The Bertz CT molecular complexity index is 1570. The zero-order valence-corrected chi connectivity index (χ0v) is 23.6. The van der Waals surface area contributed by atoms with E-state index in [1.165, 1.54) is 6.08 Å². The highest BCUT2D eigenvalue weighted by atomic mass is 35.5. The molecule has 2 saturated heterocycles. The first-order valence-electron chi connectivity index (χ1n) is 13.6. The van der Waals surface area contributed by atoms with Crippen molar-refractivity contribution in [2.75, 3.05) is 62.3 Å². The number of nitrogens with zero attached hydrogens (tertiary/aromatic N) is 7. The lowest BCUT2D eigenvalue weighted by atomic mass is 10.0. The Hall–Kier alpha value is -3.70. The van der Waals surface area contributed by atoms with Gasteiger partial charge in [0.1, 0.15) is 22.8 Å². The fourth-order valence-electron chi connectivity index (χ4n) is 5.77. The smallest absolute Gasteiger partial charge is 0.355 e. The number of amides is 1. The van der Waals surface area contributed by atoms with E-state index in [1.54, 1.807) is 15.7 Å². The van der Waals surface area contributed by atoms with Gasteiger partial charge in [-0.15, -0.1) is 0 Å². The average molecular weight is 566 g/mol. The molecule has 3 aliphatic rings. The second-order valence-electron chi connectivity index (χ2n) is 10.6. The van der Waals surface area contributed by atoms with E-state index in [2.05, 4.69) is 21.4 Å². The first-order chi connectivity index (χ1) is 19.3. The molecule has 0 saturated carbocycles. The van der Waals surface area contributed by atoms with Gasteiger partial charge in [-0.3, -0.25) is 9.78 Å². The molecule has 12 heteroatoms. The SMILES string of the molecule is C=CC(=O)N1CCN2c3nc(=O)n(-c4c(C)ccnc4C(C)C)c4nc(N5CCOCC5)c(Cl)c(c34)OC[C@H]2C1. The molecule has 0 aliphatic carbocycles. The summed E-state index contributed by atoms with van der Waals surface area (Å²) in [6, 6.07) is 1.65. The molecule has 0 radical (unpaired) electrons. The largest absolute Gasteiger partial charge is 0.489 e. The van der Waals surface area contributed by atoms with Gasteiger partial charge in [0.2, 0.25) is 5.91 Å². The third-order valence-electron chi connectivity index (χ3n) is 7.78. The molecule has 1 atom stereocenters. The number of fused-ring (bicyclic) bond motifs is 2. The predicted octanol–water partition coefficient (Wildman–Crippen LogP) is 2.69. The van der Waals surface area contributed by atoms with Crippen molar-refractivity contribution in [2.24, 2.45) is 0 Å². The van der Waals surface area contributed by atoms with Gasteiger partial charge in [-0.25, -0.2) is 14.3 Å². The van der Waals surface area contributed by atoms with Crippen LogP contribution < -0.4 is 20.2 Å². The van der Waals surface area contributed by atoms with Crippen LogP contribution in [0, 0.1) is 6.92 Å². The van der Waals surface area contributed by atoms with Gasteiger partial charge in [0.05, 0.1) is 30.6 Å². The van der Waals surface area contributed by atoms with Crippen molar-refractivity contribution in [1.29, 1.82) is 0 Å². The molecular weight excluding hydrogens is 534 g/mol. The number of ether oxygens (including phenoxy) is 2. The van der Waals surface area contributed by atoms with Crippen LogP contribution in [-0.2, 0) is 9.53 Å². The number of rotatable bonds is 4. The highest BCUT2D eigenvalue weighted by Crippen LogP contribution is 2.45. The van der Waals surface area contributed by atoms with Gasteiger partial charge in [-0.1, -0.05) is 32.0 Å². The molecule has 0 aromatic carbocycles. The summed E-state index contributed by atoms with van der Waals surface area (Å²) in [5, 5.41) is 0.944. The van der Waals surface area contributed by atoms with Gasteiger partial charge >= 0.3 is 5.69 Å². The van der Waals surface area contributed by atoms with Gasteiger partial charge in [0.25, 0.3) is 0 Å². The second kappa shape index (κ2) is 10.4. The zero-order chi connectivity index (χ0) is 28.1. The Morgan fingerprint density at radius 2 is 1.95 bits per heavy atom. The summed E-state index contributed by atoms with van der Waals surface area (Å²) >= 11 is 7.06. The number of halogens is 1. The first-order valence-corrected chi connectivity index (χ1v) is 13.9. The van der Waals surface area contributed by atoms with E-state index in [0.717, 1.165) is 11.3 Å². The van der Waals surface area contributed by atoms with Crippen LogP contribution in [-0.4, -0.2) is 88.9 Å². The minimum atomic E-state index is -0.459. The van der Waals surface area contributed by atoms with Crippen molar-refractivity contribution < 1.29 is 14.3 Å². The van der Waals surface area contributed by atoms with Crippen LogP contribution in [0.4, 0.5) is 11.6 Å². The zero-order valence-electron chi connectivity index (χ0n) is 22.9. The molecule has 1 amide bonds. The Morgan fingerprint density at radius 3 is 2.67 bits per heavy atom. The van der Waals surface area contributed by atoms with Crippen LogP contribution in [0.25, 0.3) is 16.7 Å². The minimum Gasteiger partial charge on any atom is -0.489 e. The Labute approximate surface area is 237 Å². The summed E-state index contributed by atoms with van der Waals surface area (Å²) in [6.07, 6.45) is 3.07. The van der Waals surface area contributed by atoms with Crippen molar-refractivity contribution >= 4 is 40.2 Å². The van der Waals surface area contributed by atoms with E-state index in [9.17, 15) is 9.59 Å². The van der Waals surface area contributed by atoms with Crippen molar-refractivity contribution in [1.82, 2.24) is 24.4 Å². The van der Waals surface area contributed by atoms with Gasteiger partial charge in [-0.2, -0.15) is 4.98 Å². The molecule has 210 valence electrons. The molecule has 0 unspecified atom stereocenters. The molecule has 11 nitrogen and oxygen atoms in total. The topological polar surface area (TPSA) is 106 Å². The second-order valence-corrected chi connectivity index (χ2v) is 11.0. The van der Waals surface area contributed by atoms with E-state index in [0.29, 0.717) is 85.1 Å². The first kappa shape index (κ1) is 26.5. The molecule has 3 aliphatic heterocycles. The fourth-order valence-corrected chi connectivity index (χ4v) is 6.08. The van der Waals surface area contributed by atoms with Crippen molar-refractivity contribution in [3.05, 3.63) is 51.7 Å². The van der Waals surface area contributed by atoms with Crippen LogP contribution in [0.15, 0.2) is 29.7 Å². The van der Waals surface area contributed by atoms with Gasteiger partial charge in [-0.05, 0) is 30.5 Å². The standard InChI is InChI=1S/C28H32ClN7O4/c1-5-19(37)34-8-9-35-18(14-34)15-40-24-20-25(35)32-28(38)36(23-17(4)6-7-30-22(23)16(2)3)26(20)31-27(21(24)29)33-10-12-39-13-11-33/h5-7,16,18H,1,8-15H2,2-4H3/t18-/m1/s1. The number of morpholine rings is 1. The normalized spacial score (nSPS) is 18.9. The number of hydrogen-bond donors (Lipinski definition) is 0. The Balaban J connectivity index is 1.64. The number of carbonyl (C=O) groups is 1. The fraction of sp³-hybridized carbons (Fsp3) is 0.464. The van der Waals surface area contributed by atoms with Gasteiger partial charge in [0, 0.05) is 38.9 Å². The third-order valence-corrected chi connectivity index (χ3v) is 8.12. The molecular formula is C28H32ClN7O4.